The van der Waals surface area contributed by atoms with Crippen molar-refractivity contribution in [2.45, 2.75) is 32.7 Å². The van der Waals surface area contributed by atoms with Gasteiger partial charge in [-0.2, -0.15) is 4.37 Å². The van der Waals surface area contributed by atoms with Gasteiger partial charge in [0.25, 0.3) is 0 Å². The minimum absolute atomic E-state index is 0.667. The van der Waals surface area contributed by atoms with Crippen LogP contribution in [-0.4, -0.2) is 32.5 Å². The summed E-state index contributed by atoms with van der Waals surface area (Å²) in [6, 6.07) is 0. The molecule has 0 saturated heterocycles. The second-order valence-electron chi connectivity index (χ2n) is 5.13. The van der Waals surface area contributed by atoms with Crippen LogP contribution in [0.15, 0.2) is 12.4 Å². The van der Waals surface area contributed by atoms with Crippen molar-refractivity contribution in [2.75, 3.05) is 18.5 Å². The van der Waals surface area contributed by atoms with Crippen molar-refractivity contribution in [3.63, 3.8) is 0 Å². The molecule has 0 aliphatic carbocycles. The van der Waals surface area contributed by atoms with Gasteiger partial charge in [0, 0.05) is 56.9 Å². The molecule has 0 spiro atoms. The molecule has 2 aromatic rings. The number of hydrogen-bond acceptors (Lipinski definition) is 5. The van der Waals surface area contributed by atoms with Crippen LogP contribution in [0.2, 0.25) is 0 Å². The SMILES string of the molecule is CCc1nsc(N(C)CC2CCc3nccn3C2)n1. The van der Waals surface area contributed by atoms with Gasteiger partial charge in [0.1, 0.15) is 11.6 Å². The van der Waals surface area contributed by atoms with E-state index in [-0.39, 0.29) is 0 Å². The monoisotopic (exact) mass is 277 g/mol. The summed E-state index contributed by atoms with van der Waals surface area (Å²) in [5.74, 6) is 2.84. The van der Waals surface area contributed by atoms with E-state index in [1.807, 2.05) is 6.20 Å². The first kappa shape index (κ1) is 12.6. The molecular weight excluding hydrogens is 258 g/mol. The first-order valence-electron chi connectivity index (χ1n) is 6.80. The van der Waals surface area contributed by atoms with Gasteiger partial charge in [-0.05, 0) is 12.3 Å². The van der Waals surface area contributed by atoms with E-state index in [0.717, 1.165) is 36.9 Å². The number of aromatic nitrogens is 4. The predicted molar refractivity (Wildman–Crippen MR) is 76.6 cm³/mol. The van der Waals surface area contributed by atoms with Gasteiger partial charge in [-0.1, -0.05) is 6.92 Å². The summed E-state index contributed by atoms with van der Waals surface area (Å²) in [6.45, 7) is 4.20. The van der Waals surface area contributed by atoms with Crippen LogP contribution in [0, 0.1) is 5.92 Å². The molecule has 1 unspecified atom stereocenters. The van der Waals surface area contributed by atoms with Crippen LogP contribution in [0.4, 0.5) is 5.13 Å². The lowest BCUT2D eigenvalue weighted by atomic mass is 9.99. The number of nitrogens with zero attached hydrogens (tertiary/aromatic N) is 5. The maximum absolute atomic E-state index is 4.54. The van der Waals surface area contributed by atoms with Crippen LogP contribution in [0.3, 0.4) is 0 Å². The fourth-order valence-corrected chi connectivity index (χ4v) is 3.31. The highest BCUT2D eigenvalue weighted by molar-refractivity contribution is 7.09. The molecule has 19 heavy (non-hydrogen) atoms. The molecule has 2 aromatic heterocycles. The van der Waals surface area contributed by atoms with Gasteiger partial charge in [0.05, 0.1) is 0 Å². The molecule has 0 N–H and O–H groups in total. The molecule has 0 radical (unpaired) electrons. The van der Waals surface area contributed by atoms with Crippen LogP contribution < -0.4 is 4.90 Å². The van der Waals surface area contributed by atoms with Crippen LogP contribution in [0.1, 0.15) is 25.0 Å². The predicted octanol–water partition coefficient (Wildman–Crippen LogP) is 2.00. The van der Waals surface area contributed by atoms with Crippen molar-refractivity contribution in [3.8, 4) is 0 Å². The van der Waals surface area contributed by atoms with Gasteiger partial charge in [-0.15, -0.1) is 0 Å². The zero-order valence-corrected chi connectivity index (χ0v) is 12.2. The molecule has 3 heterocycles. The Hall–Kier alpha value is -1.43. The first-order valence-corrected chi connectivity index (χ1v) is 7.57. The van der Waals surface area contributed by atoms with Crippen molar-refractivity contribution in [2.24, 2.45) is 5.92 Å². The molecule has 1 aliphatic heterocycles. The third kappa shape index (κ3) is 2.63. The van der Waals surface area contributed by atoms with Gasteiger partial charge in [0.2, 0.25) is 5.13 Å². The van der Waals surface area contributed by atoms with E-state index in [0.29, 0.717) is 5.92 Å². The molecular formula is C13H19N5S. The molecule has 0 bridgehead atoms. The van der Waals surface area contributed by atoms with Gasteiger partial charge in [0.15, 0.2) is 0 Å². The summed E-state index contributed by atoms with van der Waals surface area (Å²) in [5, 5.41) is 1.04. The molecule has 0 saturated carbocycles. The lowest BCUT2D eigenvalue weighted by Gasteiger charge is -2.27. The zero-order chi connectivity index (χ0) is 13.2. The highest BCUT2D eigenvalue weighted by atomic mass is 32.1. The summed E-state index contributed by atoms with van der Waals surface area (Å²) < 4.78 is 6.63. The molecule has 3 rings (SSSR count). The highest BCUT2D eigenvalue weighted by Crippen LogP contribution is 2.23. The van der Waals surface area contributed by atoms with E-state index in [1.54, 1.807) is 0 Å². The Bertz CT molecular complexity index is 547. The lowest BCUT2D eigenvalue weighted by Crippen LogP contribution is -2.31. The Kier molecular flexibility index (Phi) is 3.50. The largest absolute Gasteiger partial charge is 0.350 e. The molecule has 0 amide bonds. The van der Waals surface area contributed by atoms with Crippen LogP contribution in [-0.2, 0) is 19.4 Å². The summed E-state index contributed by atoms with van der Waals surface area (Å²) in [6.07, 6.45) is 7.19. The van der Waals surface area contributed by atoms with E-state index in [2.05, 4.69) is 44.0 Å². The van der Waals surface area contributed by atoms with Crippen molar-refractivity contribution in [1.82, 2.24) is 18.9 Å². The average molecular weight is 277 g/mol. The summed E-state index contributed by atoms with van der Waals surface area (Å²) >= 11 is 1.50. The van der Waals surface area contributed by atoms with Crippen molar-refractivity contribution >= 4 is 16.7 Å². The standard InChI is InChI=1S/C13H19N5S/c1-3-11-15-13(19-16-11)17(2)8-10-4-5-12-14-6-7-18(12)9-10/h6-7,10H,3-5,8-9H2,1-2H3. The fraction of sp³-hybridized carbons (Fsp3) is 0.615. The molecule has 1 aliphatic rings. The number of imidazole rings is 1. The minimum atomic E-state index is 0.667. The van der Waals surface area contributed by atoms with Crippen molar-refractivity contribution < 1.29 is 0 Å². The van der Waals surface area contributed by atoms with Crippen molar-refractivity contribution in [1.29, 1.82) is 0 Å². The molecule has 1 atom stereocenters. The lowest BCUT2D eigenvalue weighted by molar-refractivity contribution is 0.369. The average Bonchev–Trinajstić information content (AvgIpc) is 3.06. The van der Waals surface area contributed by atoms with E-state index in [4.69, 9.17) is 0 Å². The Morgan fingerprint density at radius 1 is 1.53 bits per heavy atom. The van der Waals surface area contributed by atoms with Crippen LogP contribution >= 0.6 is 11.5 Å². The Labute approximate surface area is 117 Å². The summed E-state index contributed by atoms with van der Waals surface area (Å²) in [5.41, 5.74) is 0. The van der Waals surface area contributed by atoms with Crippen LogP contribution in [0.5, 0.6) is 0 Å². The van der Waals surface area contributed by atoms with Crippen LogP contribution in [0.25, 0.3) is 0 Å². The number of fused-ring (bicyclic) bond motifs is 1. The normalized spacial score (nSPS) is 18.3. The number of rotatable bonds is 4. The number of aryl methyl sites for hydroxylation is 2. The van der Waals surface area contributed by atoms with E-state index in [1.165, 1.54) is 23.8 Å². The maximum Gasteiger partial charge on any atom is 0.204 e. The van der Waals surface area contributed by atoms with E-state index >= 15 is 0 Å². The summed E-state index contributed by atoms with van der Waals surface area (Å²) in [7, 11) is 2.11. The van der Waals surface area contributed by atoms with Gasteiger partial charge in [-0.25, -0.2) is 9.97 Å². The first-order chi connectivity index (χ1) is 9.26. The Morgan fingerprint density at radius 3 is 3.21 bits per heavy atom. The maximum atomic E-state index is 4.54. The quantitative estimate of drug-likeness (QED) is 0.857. The summed E-state index contributed by atoms with van der Waals surface area (Å²) in [4.78, 5) is 11.2. The minimum Gasteiger partial charge on any atom is -0.350 e. The van der Waals surface area contributed by atoms with Crippen molar-refractivity contribution in [3.05, 3.63) is 24.0 Å². The second kappa shape index (κ2) is 5.28. The Morgan fingerprint density at radius 2 is 2.42 bits per heavy atom. The molecule has 5 nitrogen and oxygen atoms in total. The topological polar surface area (TPSA) is 46.8 Å². The zero-order valence-electron chi connectivity index (χ0n) is 11.4. The third-order valence-electron chi connectivity index (χ3n) is 3.66. The number of anilines is 1. The molecule has 0 aromatic carbocycles. The van der Waals surface area contributed by atoms with Gasteiger partial charge >= 0.3 is 0 Å². The van der Waals surface area contributed by atoms with E-state index < -0.39 is 0 Å². The Balaban J connectivity index is 1.63. The van der Waals surface area contributed by atoms with Gasteiger partial charge in [-0.3, -0.25) is 0 Å². The molecule has 6 heteroatoms. The second-order valence-corrected chi connectivity index (χ2v) is 5.86. The molecule has 0 fully saturated rings. The smallest absolute Gasteiger partial charge is 0.204 e. The highest BCUT2D eigenvalue weighted by Gasteiger charge is 2.21. The number of hydrogen-bond donors (Lipinski definition) is 0. The fourth-order valence-electron chi connectivity index (χ4n) is 2.59. The van der Waals surface area contributed by atoms with E-state index in [9.17, 15) is 0 Å². The van der Waals surface area contributed by atoms with Gasteiger partial charge < -0.3 is 9.47 Å². The third-order valence-corrected chi connectivity index (χ3v) is 4.53. The molecule has 102 valence electrons.